The minimum atomic E-state index is -3.79. The Hall–Kier alpha value is -0.360. The summed E-state index contributed by atoms with van der Waals surface area (Å²) in [4.78, 5) is -0.228. The Morgan fingerprint density at radius 2 is 2.06 bits per heavy atom. The molecule has 0 fully saturated rings. The number of halogens is 3. The largest absolute Gasteiger partial charge is 0.244 e. The highest BCUT2D eigenvalue weighted by molar-refractivity contribution is 7.89. The molecule has 0 aliphatic heterocycles. The molecule has 0 saturated carbocycles. The van der Waals surface area contributed by atoms with Crippen molar-refractivity contribution in [3.63, 3.8) is 0 Å². The maximum absolute atomic E-state index is 13.1. The van der Waals surface area contributed by atoms with Crippen LogP contribution in [0, 0.1) is 5.82 Å². The number of nitrogens with zero attached hydrogens (tertiary/aromatic N) is 1. The Bertz CT molecular complexity index is 520. The minimum Gasteiger partial charge on any atom is -0.207 e. The number of rotatable bonds is 5. The van der Waals surface area contributed by atoms with Crippen LogP contribution in [0.5, 0.6) is 0 Å². The molecule has 1 unspecified atom stereocenters. The highest BCUT2D eigenvalue weighted by Gasteiger charge is 2.24. The summed E-state index contributed by atoms with van der Waals surface area (Å²) in [6.45, 7) is 2.02. The van der Waals surface area contributed by atoms with Gasteiger partial charge >= 0.3 is 0 Å². The van der Waals surface area contributed by atoms with E-state index in [1.807, 2.05) is 0 Å². The molecule has 18 heavy (non-hydrogen) atoms. The van der Waals surface area contributed by atoms with Crippen LogP contribution in [-0.2, 0) is 10.0 Å². The molecule has 1 aromatic rings. The van der Waals surface area contributed by atoms with Crippen LogP contribution in [0.25, 0.3) is 0 Å². The summed E-state index contributed by atoms with van der Waals surface area (Å²) in [7, 11) is -2.37. The summed E-state index contributed by atoms with van der Waals surface area (Å²) in [5.41, 5.74) is 0. The molecule has 0 saturated heterocycles. The van der Waals surface area contributed by atoms with E-state index in [1.165, 1.54) is 13.1 Å². The van der Waals surface area contributed by atoms with Gasteiger partial charge in [-0.1, -0.05) is 11.6 Å². The van der Waals surface area contributed by atoms with Gasteiger partial charge in [0.05, 0.1) is 5.02 Å². The zero-order valence-electron chi connectivity index (χ0n) is 10.0. The molecule has 0 bridgehead atoms. The van der Waals surface area contributed by atoms with E-state index in [2.05, 4.69) is 0 Å². The maximum Gasteiger partial charge on any atom is 0.244 e. The van der Waals surface area contributed by atoms with E-state index in [-0.39, 0.29) is 21.8 Å². The lowest BCUT2D eigenvalue weighted by Gasteiger charge is -2.18. The first-order valence-corrected chi connectivity index (χ1v) is 7.56. The molecule has 3 nitrogen and oxygen atoms in total. The zero-order valence-corrected chi connectivity index (χ0v) is 12.4. The lowest BCUT2D eigenvalue weighted by Crippen LogP contribution is -2.29. The molecular formula is C11H14Cl2FNO2S. The standard InChI is InChI=1S/C11H14Cl2FNO2S/c1-8(12)5-6-15(2)18(16,17)11-7-9(14)3-4-10(11)13/h3-4,7-8H,5-6H2,1-2H3. The Kier molecular flexibility index (Phi) is 5.40. The molecule has 1 rings (SSSR count). The van der Waals surface area contributed by atoms with E-state index in [9.17, 15) is 12.8 Å². The van der Waals surface area contributed by atoms with Crippen LogP contribution >= 0.6 is 23.2 Å². The Morgan fingerprint density at radius 1 is 1.44 bits per heavy atom. The normalized spacial score (nSPS) is 13.9. The van der Waals surface area contributed by atoms with E-state index >= 15 is 0 Å². The van der Waals surface area contributed by atoms with E-state index < -0.39 is 15.8 Å². The van der Waals surface area contributed by atoms with Gasteiger partial charge in [0, 0.05) is 19.0 Å². The fourth-order valence-electron chi connectivity index (χ4n) is 1.32. The highest BCUT2D eigenvalue weighted by atomic mass is 35.5. The van der Waals surface area contributed by atoms with Crippen molar-refractivity contribution < 1.29 is 12.8 Å². The van der Waals surface area contributed by atoms with Crippen molar-refractivity contribution in [2.24, 2.45) is 0 Å². The van der Waals surface area contributed by atoms with Crippen LogP contribution in [0.3, 0.4) is 0 Å². The van der Waals surface area contributed by atoms with Gasteiger partial charge in [-0.05, 0) is 31.5 Å². The van der Waals surface area contributed by atoms with Crippen molar-refractivity contribution in [3.05, 3.63) is 29.0 Å². The first kappa shape index (κ1) is 15.7. The zero-order chi connectivity index (χ0) is 13.9. The summed E-state index contributed by atoms with van der Waals surface area (Å²) < 4.78 is 38.5. The van der Waals surface area contributed by atoms with Crippen molar-refractivity contribution >= 4 is 33.2 Å². The molecule has 1 aromatic carbocycles. The van der Waals surface area contributed by atoms with E-state index in [0.717, 1.165) is 16.4 Å². The van der Waals surface area contributed by atoms with Gasteiger partial charge in [-0.25, -0.2) is 17.1 Å². The lowest BCUT2D eigenvalue weighted by molar-refractivity contribution is 0.460. The Morgan fingerprint density at radius 3 is 2.61 bits per heavy atom. The molecule has 0 aliphatic rings. The monoisotopic (exact) mass is 313 g/mol. The maximum atomic E-state index is 13.1. The summed E-state index contributed by atoms with van der Waals surface area (Å²) in [5.74, 6) is -0.642. The van der Waals surface area contributed by atoms with Gasteiger partial charge in [0.15, 0.2) is 0 Å². The SMILES string of the molecule is CC(Cl)CCN(C)S(=O)(=O)c1cc(F)ccc1Cl. The van der Waals surface area contributed by atoms with Gasteiger partial charge in [0.1, 0.15) is 10.7 Å². The molecule has 7 heteroatoms. The lowest BCUT2D eigenvalue weighted by atomic mass is 10.3. The Balaban J connectivity index is 3.02. The minimum absolute atomic E-state index is 0.00201. The predicted molar refractivity (Wildman–Crippen MR) is 71.2 cm³/mol. The third-order valence-corrected chi connectivity index (χ3v) is 4.98. The van der Waals surface area contributed by atoms with Crippen LogP contribution in [0.2, 0.25) is 5.02 Å². The first-order chi connectivity index (χ1) is 8.25. The summed E-state index contributed by atoms with van der Waals surface area (Å²) in [6.07, 6.45) is 0.504. The molecule has 102 valence electrons. The molecule has 0 heterocycles. The second-order valence-electron chi connectivity index (χ2n) is 3.97. The van der Waals surface area contributed by atoms with Crippen LogP contribution in [-0.4, -0.2) is 31.7 Å². The van der Waals surface area contributed by atoms with Crippen molar-refractivity contribution in [2.45, 2.75) is 23.6 Å². The summed E-state index contributed by atoms with van der Waals surface area (Å²) in [6, 6.07) is 3.25. The fourth-order valence-corrected chi connectivity index (χ4v) is 3.09. The molecule has 0 aliphatic carbocycles. The van der Waals surface area contributed by atoms with E-state index in [0.29, 0.717) is 6.42 Å². The quantitative estimate of drug-likeness (QED) is 0.783. The van der Waals surface area contributed by atoms with Gasteiger partial charge in [-0.2, -0.15) is 0 Å². The summed E-state index contributed by atoms with van der Waals surface area (Å²) in [5, 5.41) is -0.132. The van der Waals surface area contributed by atoms with Gasteiger partial charge < -0.3 is 0 Å². The second kappa shape index (κ2) is 6.19. The van der Waals surface area contributed by atoms with Gasteiger partial charge in [0.2, 0.25) is 10.0 Å². The highest BCUT2D eigenvalue weighted by Crippen LogP contribution is 2.25. The average Bonchev–Trinajstić information content (AvgIpc) is 2.28. The summed E-state index contributed by atoms with van der Waals surface area (Å²) >= 11 is 11.6. The number of hydrogen-bond acceptors (Lipinski definition) is 2. The van der Waals surface area contributed by atoms with Gasteiger partial charge in [-0.15, -0.1) is 11.6 Å². The van der Waals surface area contributed by atoms with Crippen molar-refractivity contribution in [2.75, 3.05) is 13.6 Å². The molecular weight excluding hydrogens is 300 g/mol. The number of alkyl halides is 1. The molecule has 0 radical (unpaired) electrons. The second-order valence-corrected chi connectivity index (χ2v) is 7.14. The average molecular weight is 314 g/mol. The molecule has 0 N–H and O–H groups in total. The van der Waals surface area contributed by atoms with E-state index in [1.54, 1.807) is 6.92 Å². The number of sulfonamides is 1. The van der Waals surface area contributed by atoms with E-state index in [4.69, 9.17) is 23.2 Å². The topological polar surface area (TPSA) is 37.4 Å². The van der Waals surface area contributed by atoms with Crippen molar-refractivity contribution in [1.29, 1.82) is 0 Å². The predicted octanol–water partition coefficient (Wildman–Crippen LogP) is 3.12. The molecule has 1 atom stereocenters. The molecule has 0 amide bonds. The van der Waals surface area contributed by atoms with Crippen LogP contribution in [0.15, 0.2) is 23.1 Å². The van der Waals surface area contributed by atoms with Crippen LogP contribution in [0.4, 0.5) is 4.39 Å². The van der Waals surface area contributed by atoms with Gasteiger partial charge in [-0.3, -0.25) is 0 Å². The van der Waals surface area contributed by atoms with Crippen LogP contribution in [0.1, 0.15) is 13.3 Å². The fraction of sp³-hybridized carbons (Fsp3) is 0.455. The number of benzene rings is 1. The van der Waals surface area contributed by atoms with Crippen molar-refractivity contribution in [3.8, 4) is 0 Å². The smallest absolute Gasteiger partial charge is 0.207 e. The van der Waals surface area contributed by atoms with Crippen LogP contribution < -0.4 is 0 Å². The molecule has 0 spiro atoms. The molecule has 0 aromatic heterocycles. The first-order valence-electron chi connectivity index (χ1n) is 5.30. The third kappa shape index (κ3) is 3.82. The van der Waals surface area contributed by atoms with Gasteiger partial charge in [0.25, 0.3) is 0 Å². The van der Waals surface area contributed by atoms with Crippen molar-refractivity contribution in [1.82, 2.24) is 4.31 Å². The number of hydrogen-bond donors (Lipinski definition) is 0. The Labute approximate surface area is 117 Å². The third-order valence-electron chi connectivity index (χ3n) is 2.42.